The standard InChI is InChI=1S/C10H20N2O4Si/c1-4-5-6-7-8-15-9(13)11-12-10(14)16-17(2)3/h17H,4-8H2,1-3H3. The summed E-state index contributed by atoms with van der Waals surface area (Å²) in [7, 11) is -1.48. The first-order valence-electron chi connectivity index (χ1n) is 5.85. The van der Waals surface area contributed by atoms with Gasteiger partial charge in [-0.1, -0.05) is 36.4 Å². The van der Waals surface area contributed by atoms with Gasteiger partial charge in [0.05, 0.1) is 6.61 Å². The van der Waals surface area contributed by atoms with Crippen molar-refractivity contribution in [3.63, 3.8) is 0 Å². The van der Waals surface area contributed by atoms with Gasteiger partial charge in [-0.3, -0.25) is 0 Å². The molecule has 6 nitrogen and oxygen atoms in total. The molecular formula is C10H20N2O4Si. The van der Waals surface area contributed by atoms with E-state index in [-0.39, 0.29) is 0 Å². The van der Waals surface area contributed by atoms with Gasteiger partial charge in [-0.05, 0) is 19.5 Å². The van der Waals surface area contributed by atoms with Crippen molar-refractivity contribution in [1.82, 2.24) is 0 Å². The van der Waals surface area contributed by atoms with E-state index in [0.29, 0.717) is 6.61 Å². The zero-order valence-electron chi connectivity index (χ0n) is 10.6. The topological polar surface area (TPSA) is 77.3 Å². The highest BCUT2D eigenvalue weighted by Gasteiger charge is 2.06. The molecule has 0 aliphatic rings. The van der Waals surface area contributed by atoms with Gasteiger partial charge < -0.3 is 9.16 Å². The van der Waals surface area contributed by atoms with Crippen molar-refractivity contribution in [2.24, 2.45) is 10.2 Å². The van der Waals surface area contributed by atoms with Crippen molar-refractivity contribution in [1.29, 1.82) is 0 Å². The average Bonchev–Trinajstić information content (AvgIpc) is 2.25. The minimum absolute atomic E-state index is 0.311. The van der Waals surface area contributed by atoms with E-state index in [2.05, 4.69) is 17.2 Å². The molecule has 98 valence electrons. The Morgan fingerprint density at radius 1 is 1.06 bits per heavy atom. The van der Waals surface area contributed by atoms with Crippen LogP contribution in [0.1, 0.15) is 32.6 Å². The van der Waals surface area contributed by atoms with E-state index in [1.165, 1.54) is 0 Å². The molecule has 0 saturated carbocycles. The van der Waals surface area contributed by atoms with E-state index >= 15 is 0 Å². The van der Waals surface area contributed by atoms with E-state index in [1.807, 2.05) is 13.1 Å². The number of unbranched alkanes of at least 4 members (excludes halogenated alkanes) is 3. The number of hydrogen-bond donors (Lipinski definition) is 0. The molecule has 0 rings (SSSR count). The fourth-order valence-electron chi connectivity index (χ4n) is 1.02. The van der Waals surface area contributed by atoms with E-state index < -0.39 is 21.2 Å². The molecule has 0 saturated heterocycles. The summed E-state index contributed by atoms with van der Waals surface area (Å²) in [4.78, 5) is 21.9. The lowest BCUT2D eigenvalue weighted by Gasteiger charge is -2.01. The summed E-state index contributed by atoms with van der Waals surface area (Å²) < 4.78 is 9.54. The number of carbonyl (C=O) groups is 2. The highest BCUT2D eigenvalue weighted by Crippen LogP contribution is 2.00. The average molecular weight is 260 g/mol. The van der Waals surface area contributed by atoms with Crippen LogP contribution in [-0.4, -0.2) is 27.8 Å². The fraction of sp³-hybridized carbons (Fsp3) is 0.800. The SMILES string of the molecule is CCCCCCOC(=O)N=NC(=O)O[SiH](C)C. The van der Waals surface area contributed by atoms with Crippen LogP contribution < -0.4 is 0 Å². The predicted molar refractivity (Wildman–Crippen MR) is 65.7 cm³/mol. The Balaban J connectivity index is 3.63. The fourth-order valence-corrected chi connectivity index (χ4v) is 1.47. The molecule has 0 bridgehead atoms. The molecule has 0 aliphatic heterocycles. The molecule has 0 heterocycles. The number of hydrogen-bond acceptors (Lipinski definition) is 4. The van der Waals surface area contributed by atoms with Crippen LogP contribution in [0.15, 0.2) is 10.2 Å². The van der Waals surface area contributed by atoms with Gasteiger partial charge in [-0.15, -0.1) is 0 Å². The highest BCUT2D eigenvalue weighted by atomic mass is 28.3. The molecule has 0 aromatic rings. The molecule has 0 aromatic carbocycles. The third-order valence-electron chi connectivity index (χ3n) is 1.77. The molecule has 17 heavy (non-hydrogen) atoms. The molecule has 0 radical (unpaired) electrons. The van der Waals surface area contributed by atoms with Crippen LogP contribution >= 0.6 is 0 Å². The number of carbonyl (C=O) groups excluding carboxylic acids is 2. The molecule has 0 aliphatic carbocycles. The molecule has 0 N–H and O–H groups in total. The Morgan fingerprint density at radius 2 is 1.71 bits per heavy atom. The van der Waals surface area contributed by atoms with E-state index in [4.69, 9.17) is 9.16 Å². The highest BCUT2D eigenvalue weighted by molar-refractivity contribution is 6.50. The van der Waals surface area contributed by atoms with Gasteiger partial charge in [0, 0.05) is 0 Å². The van der Waals surface area contributed by atoms with Crippen LogP contribution in [0.3, 0.4) is 0 Å². The quantitative estimate of drug-likeness (QED) is 0.417. The second-order valence-corrected chi connectivity index (χ2v) is 6.14. The van der Waals surface area contributed by atoms with Crippen molar-refractivity contribution in [3.8, 4) is 0 Å². The van der Waals surface area contributed by atoms with Gasteiger partial charge in [-0.25, -0.2) is 9.59 Å². The Hall–Kier alpha value is -1.24. The lowest BCUT2D eigenvalue weighted by Crippen LogP contribution is -2.11. The number of nitrogens with zero attached hydrogens (tertiary/aromatic N) is 2. The van der Waals surface area contributed by atoms with E-state index in [1.54, 1.807) is 0 Å². The third kappa shape index (κ3) is 11.0. The number of amides is 2. The summed E-state index contributed by atoms with van der Waals surface area (Å²) in [6.45, 7) is 6.05. The normalized spacial score (nSPS) is 10.8. The van der Waals surface area contributed by atoms with E-state index in [0.717, 1.165) is 25.7 Å². The minimum atomic E-state index is -1.48. The van der Waals surface area contributed by atoms with Crippen LogP contribution in [0.25, 0.3) is 0 Å². The lowest BCUT2D eigenvalue weighted by atomic mass is 10.2. The maximum atomic E-state index is 11.0. The van der Waals surface area contributed by atoms with Gasteiger partial charge in [0.2, 0.25) is 9.04 Å². The predicted octanol–water partition coefficient (Wildman–Crippen LogP) is 3.28. The monoisotopic (exact) mass is 260 g/mol. The second kappa shape index (κ2) is 9.95. The summed E-state index contributed by atoms with van der Waals surface area (Å²) in [6, 6.07) is 0. The molecular weight excluding hydrogens is 240 g/mol. The molecule has 0 fully saturated rings. The van der Waals surface area contributed by atoms with Gasteiger partial charge in [-0.2, -0.15) is 0 Å². The zero-order valence-corrected chi connectivity index (χ0v) is 11.8. The second-order valence-electron chi connectivity index (χ2n) is 3.81. The van der Waals surface area contributed by atoms with Crippen molar-refractivity contribution in [3.05, 3.63) is 0 Å². The van der Waals surface area contributed by atoms with Crippen LogP contribution in [0.5, 0.6) is 0 Å². The maximum absolute atomic E-state index is 11.0. The van der Waals surface area contributed by atoms with Crippen LogP contribution in [-0.2, 0) is 9.16 Å². The van der Waals surface area contributed by atoms with Crippen molar-refractivity contribution < 1.29 is 18.8 Å². The third-order valence-corrected chi connectivity index (χ3v) is 2.45. The molecule has 0 aromatic heterocycles. The summed E-state index contributed by atoms with van der Waals surface area (Å²) >= 11 is 0. The zero-order chi connectivity index (χ0) is 13.1. The summed E-state index contributed by atoms with van der Waals surface area (Å²) in [5, 5.41) is 6.21. The minimum Gasteiger partial charge on any atom is -0.504 e. The first-order chi connectivity index (χ1) is 8.06. The Labute approximate surface area is 103 Å². The smallest absolute Gasteiger partial charge is 0.452 e. The Kier molecular flexibility index (Phi) is 9.22. The molecule has 0 spiro atoms. The van der Waals surface area contributed by atoms with Gasteiger partial charge in [0.25, 0.3) is 0 Å². The first-order valence-corrected chi connectivity index (χ1v) is 8.63. The lowest BCUT2D eigenvalue weighted by molar-refractivity contribution is 0.152. The Bertz CT molecular complexity index is 269. The maximum Gasteiger partial charge on any atom is 0.452 e. The number of ether oxygens (including phenoxy) is 1. The Morgan fingerprint density at radius 3 is 2.29 bits per heavy atom. The van der Waals surface area contributed by atoms with Crippen LogP contribution in [0.4, 0.5) is 9.59 Å². The van der Waals surface area contributed by atoms with Crippen LogP contribution in [0, 0.1) is 0 Å². The number of azo groups is 1. The first kappa shape index (κ1) is 15.8. The molecule has 0 atom stereocenters. The van der Waals surface area contributed by atoms with Gasteiger partial charge in [0.15, 0.2) is 0 Å². The van der Waals surface area contributed by atoms with Crippen LogP contribution in [0.2, 0.25) is 13.1 Å². The number of rotatable bonds is 6. The summed E-state index contributed by atoms with van der Waals surface area (Å²) in [5.74, 6) is 0. The molecule has 7 heteroatoms. The van der Waals surface area contributed by atoms with Crippen molar-refractivity contribution >= 4 is 21.2 Å². The summed E-state index contributed by atoms with van der Waals surface area (Å²) in [6.07, 6.45) is 2.39. The summed E-state index contributed by atoms with van der Waals surface area (Å²) in [5.41, 5.74) is 0. The van der Waals surface area contributed by atoms with E-state index in [9.17, 15) is 9.59 Å². The molecule has 2 amide bonds. The van der Waals surface area contributed by atoms with Gasteiger partial charge >= 0.3 is 12.2 Å². The van der Waals surface area contributed by atoms with Crippen molar-refractivity contribution in [2.75, 3.05) is 6.61 Å². The van der Waals surface area contributed by atoms with Gasteiger partial charge in [0.1, 0.15) is 0 Å². The largest absolute Gasteiger partial charge is 0.504 e. The molecule has 0 unspecified atom stereocenters. The van der Waals surface area contributed by atoms with Crippen molar-refractivity contribution in [2.45, 2.75) is 45.7 Å².